The van der Waals surface area contributed by atoms with Crippen LogP contribution in [-0.4, -0.2) is 23.9 Å². The molecule has 2 N–H and O–H groups in total. The van der Waals surface area contributed by atoms with Gasteiger partial charge in [-0.1, -0.05) is 30.3 Å². The average Bonchev–Trinajstić information content (AvgIpc) is 3.32. The summed E-state index contributed by atoms with van der Waals surface area (Å²) in [4.78, 5) is 0. The van der Waals surface area contributed by atoms with Gasteiger partial charge in [0, 0.05) is 29.6 Å². The molecular formula is C21H24ClN3O. The molecule has 0 aliphatic heterocycles. The minimum Gasteiger partial charge on any atom is -0.497 e. The van der Waals surface area contributed by atoms with Crippen molar-refractivity contribution in [3.8, 4) is 17.0 Å². The van der Waals surface area contributed by atoms with Gasteiger partial charge in [-0.3, -0.25) is 5.10 Å². The highest BCUT2D eigenvalue weighted by Crippen LogP contribution is 2.47. The summed E-state index contributed by atoms with van der Waals surface area (Å²) in [5, 5.41) is 11.0. The van der Waals surface area contributed by atoms with Crippen molar-refractivity contribution >= 4 is 12.4 Å². The van der Waals surface area contributed by atoms with Crippen molar-refractivity contribution in [3.05, 3.63) is 71.9 Å². The summed E-state index contributed by atoms with van der Waals surface area (Å²) >= 11 is 0. The number of H-pyrrole nitrogens is 1. The smallest absolute Gasteiger partial charge is 0.118 e. The predicted molar refractivity (Wildman–Crippen MR) is 107 cm³/mol. The Morgan fingerprint density at radius 3 is 2.46 bits per heavy atom. The Kier molecular flexibility index (Phi) is 5.64. The van der Waals surface area contributed by atoms with E-state index in [9.17, 15) is 0 Å². The highest BCUT2D eigenvalue weighted by molar-refractivity contribution is 5.85. The number of rotatable bonds is 7. The molecule has 26 heavy (non-hydrogen) atoms. The van der Waals surface area contributed by atoms with Crippen LogP contribution in [0.25, 0.3) is 11.3 Å². The zero-order chi connectivity index (χ0) is 17.1. The molecule has 5 heteroatoms. The molecule has 0 amide bonds. The quantitative estimate of drug-likeness (QED) is 0.651. The first-order valence-electron chi connectivity index (χ1n) is 8.74. The molecule has 4 nitrogen and oxygen atoms in total. The maximum absolute atomic E-state index is 5.23. The predicted octanol–water partition coefficient (Wildman–Crippen LogP) is 4.33. The Morgan fingerprint density at radius 2 is 1.81 bits per heavy atom. The monoisotopic (exact) mass is 369 g/mol. The molecule has 136 valence electrons. The molecule has 0 bridgehead atoms. The molecular weight excluding hydrogens is 346 g/mol. The van der Waals surface area contributed by atoms with Gasteiger partial charge in [0.1, 0.15) is 5.75 Å². The normalized spacial score (nSPS) is 14.5. The fraction of sp³-hybridized carbons (Fsp3) is 0.286. The summed E-state index contributed by atoms with van der Waals surface area (Å²) in [6.45, 7) is 1.82. The highest BCUT2D eigenvalue weighted by Gasteiger charge is 2.43. The number of aromatic nitrogens is 2. The van der Waals surface area contributed by atoms with Gasteiger partial charge < -0.3 is 10.1 Å². The van der Waals surface area contributed by atoms with E-state index in [0.717, 1.165) is 30.1 Å². The van der Waals surface area contributed by atoms with E-state index in [4.69, 9.17) is 4.74 Å². The lowest BCUT2D eigenvalue weighted by Gasteiger charge is -2.16. The first-order chi connectivity index (χ1) is 12.3. The number of methoxy groups -OCH3 is 1. The summed E-state index contributed by atoms with van der Waals surface area (Å²) in [6.07, 6.45) is 4.44. The largest absolute Gasteiger partial charge is 0.497 e. The molecule has 1 heterocycles. The van der Waals surface area contributed by atoms with Crippen LogP contribution < -0.4 is 10.1 Å². The van der Waals surface area contributed by atoms with Crippen molar-refractivity contribution in [2.75, 3.05) is 13.7 Å². The van der Waals surface area contributed by atoms with E-state index in [1.807, 2.05) is 18.3 Å². The lowest BCUT2D eigenvalue weighted by atomic mass is 9.96. The SMILES string of the molecule is COc1ccc(-c2[nH]ncc2CNCC2(c3ccccc3)CC2)cc1.Cl. The Morgan fingerprint density at radius 1 is 1.08 bits per heavy atom. The summed E-state index contributed by atoms with van der Waals surface area (Å²) in [5.41, 5.74) is 5.16. The zero-order valence-corrected chi connectivity index (χ0v) is 15.7. The van der Waals surface area contributed by atoms with Crippen molar-refractivity contribution in [2.45, 2.75) is 24.8 Å². The molecule has 1 fully saturated rings. The maximum atomic E-state index is 5.23. The van der Waals surface area contributed by atoms with Crippen molar-refractivity contribution in [3.63, 3.8) is 0 Å². The molecule has 4 rings (SSSR count). The number of hydrogen-bond donors (Lipinski definition) is 2. The number of benzene rings is 2. The number of ether oxygens (including phenoxy) is 1. The molecule has 0 spiro atoms. The topological polar surface area (TPSA) is 49.9 Å². The van der Waals surface area contributed by atoms with Gasteiger partial charge in [0.25, 0.3) is 0 Å². The molecule has 0 radical (unpaired) electrons. The Bertz CT molecular complexity index is 826. The number of nitrogens with zero attached hydrogens (tertiary/aromatic N) is 1. The Labute approximate surface area is 160 Å². The standard InChI is InChI=1S/C21H23N3O.ClH/c1-25-19-9-7-16(8-10-19)20-17(14-23-24-20)13-22-15-21(11-12-21)18-5-3-2-4-6-18;/h2-10,14,22H,11-13,15H2,1H3,(H,23,24);1H. The molecule has 1 aromatic heterocycles. The molecule has 3 aromatic rings. The van der Waals surface area contributed by atoms with Crippen molar-refractivity contribution in [2.24, 2.45) is 0 Å². The van der Waals surface area contributed by atoms with Crippen molar-refractivity contribution < 1.29 is 4.74 Å². The van der Waals surface area contributed by atoms with Crippen molar-refractivity contribution in [1.82, 2.24) is 15.5 Å². The number of nitrogens with one attached hydrogen (secondary N) is 2. The fourth-order valence-electron chi connectivity index (χ4n) is 3.40. The van der Waals surface area contributed by atoms with Crippen LogP contribution >= 0.6 is 12.4 Å². The van der Waals surface area contributed by atoms with Crippen LogP contribution in [0, 0.1) is 0 Å². The molecule has 1 aliphatic rings. The summed E-state index contributed by atoms with van der Waals surface area (Å²) in [6, 6.07) is 18.9. The third kappa shape index (κ3) is 3.76. The van der Waals surface area contributed by atoms with Crippen LogP contribution in [0.1, 0.15) is 24.0 Å². The maximum Gasteiger partial charge on any atom is 0.118 e. The summed E-state index contributed by atoms with van der Waals surface area (Å²) in [7, 11) is 1.68. The van der Waals surface area contributed by atoms with Gasteiger partial charge in [-0.05, 0) is 42.7 Å². The minimum absolute atomic E-state index is 0. The number of hydrogen-bond acceptors (Lipinski definition) is 3. The molecule has 0 saturated heterocycles. The van der Waals surface area contributed by atoms with E-state index in [1.54, 1.807) is 7.11 Å². The fourth-order valence-corrected chi connectivity index (χ4v) is 3.40. The van der Waals surface area contributed by atoms with Gasteiger partial charge >= 0.3 is 0 Å². The molecule has 2 aromatic carbocycles. The third-order valence-corrected chi connectivity index (χ3v) is 5.12. The van der Waals surface area contributed by atoms with Crippen LogP contribution in [-0.2, 0) is 12.0 Å². The van der Waals surface area contributed by atoms with Gasteiger partial charge in [-0.25, -0.2) is 0 Å². The van der Waals surface area contributed by atoms with Gasteiger partial charge in [-0.15, -0.1) is 12.4 Å². The first kappa shape index (κ1) is 18.5. The van der Waals surface area contributed by atoms with E-state index in [2.05, 4.69) is 58.0 Å². The number of halogens is 1. The van der Waals surface area contributed by atoms with Gasteiger partial charge in [-0.2, -0.15) is 5.10 Å². The van der Waals surface area contributed by atoms with E-state index < -0.39 is 0 Å². The second-order valence-electron chi connectivity index (χ2n) is 6.75. The van der Waals surface area contributed by atoms with E-state index >= 15 is 0 Å². The lowest BCUT2D eigenvalue weighted by Crippen LogP contribution is -2.26. The molecule has 1 saturated carbocycles. The zero-order valence-electron chi connectivity index (χ0n) is 14.9. The van der Waals surface area contributed by atoms with Crippen molar-refractivity contribution in [1.29, 1.82) is 0 Å². The van der Waals surface area contributed by atoms with Crippen LogP contribution in [0.4, 0.5) is 0 Å². The highest BCUT2D eigenvalue weighted by atomic mass is 35.5. The minimum atomic E-state index is 0. The average molecular weight is 370 g/mol. The van der Waals surface area contributed by atoms with Gasteiger partial charge in [0.05, 0.1) is 19.0 Å². The van der Waals surface area contributed by atoms with Crippen LogP contribution in [0.15, 0.2) is 60.8 Å². The summed E-state index contributed by atoms with van der Waals surface area (Å²) in [5.74, 6) is 0.862. The summed E-state index contributed by atoms with van der Waals surface area (Å²) < 4.78 is 5.23. The molecule has 0 atom stereocenters. The first-order valence-corrected chi connectivity index (χ1v) is 8.74. The van der Waals surface area contributed by atoms with E-state index in [0.29, 0.717) is 5.41 Å². The van der Waals surface area contributed by atoms with E-state index in [-0.39, 0.29) is 12.4 Å². The molecule has 1 aliphatic carbocycles. The van der Waals surface area contributed by atoms with E-state index in [1.165, 1.54) is 24.0 Å². The van der Waals surface area contributed by atoms with Crippen LogP contribution in [0.2, 0.25) is 0 Å². The molecule has 0 unspecified atom stereocenters. The second kappa shape index (κ2) is 7.94. The van der Waals surface area contributed by atoms with Gasteiger partial charge in [0.15, 0.2) is 0 Å². The Balaban J connectivity index is 0.00000196. The van der Waals surface area contributed by atoms with Gasteiger partial charge in [0.2, 0.25) is 0 Å². The lowest BCUT2D eigenvalue weighted by molar-refractivity contribution is 0.415. The van der Waals surface area contributed by atoms with Crippen LogP contribution in [0.5, 0.6) is 5.75 Å². The second-order valence-corrected chi connectivity index (χ2v) is 6.75. The number of aromatic amines is 1. The van der Waals surface area contributed by atoms with Crippen LogP contribution in [0.3, 0.4) is 0 Å². The third-order valence-electron chi connectivity index (χ3n) is 5.12. The Hall–Kier alpha value is -2.30.